The zero-order chi connectivity index (χ0) is 13.8. The fourth-order valence-corrected chi connectivity index (χ4v) is 3.56. The van der Waals surface area contributed by atoms with Gasteiger partial charge in [0.05, 0.1) is 11.8 Å². The van der Waals surface area contributed by atoms with Crippen LogP contribution in [0.3, 0.4) is 0 Å². The highest BCUT2D eigenvalue weighted by Crippen LogP contribution is 2.33. The summed E-state index contributed by atoms with van der Waals surface area (Å²) in [5, 5.41) is 9.66. The van der Waals surface area contributed by atoms with Gasteiger partial charge in [-0.3, -0.25) is 0 Å². The van der Waals surface area contributed by atoms with Crippen LogP contribution in [-0.2, 0) is 0 Å². The Morgan fingerprint density at radius 2 is 2.16 bits per heavy atom. The number of nitrogens with zero attached hydrogens (tertiary/aromatic N) is 1. The van der Waals surface area contributed by atoms with Crippen molar-refractivity contribution in [1.29, 1.82) is 0 Å². The highest BCUT2D eigenvalue weighted by atomic mass is 79.9. The van der Waals surface area contributed by atoms with E-state index in [9.17, 15) is 5.11 Å². The molecule has 0 radical (unpaired) electrons. The minimum absolute atomic E-state index is 0.406. The smallest absolute Gasteiger partial charge is 0.0762 e. The maximum Gasteiger partial charge on any atom is 0.0762 e. The first kappa shape index (κ1) is 14.9. The molecule has 3 heteroatoms. The highest BCUT2D eigenvalue weighted by Gasteiger charge is 2.21. The molecular formula is C16H24BrNO. The first-order chi connectivity index (χ1) is 9.13. The second-order valence-electron chi connectivity index (χ2n) is 5.49. The van der Waals surface area contributed by atoms with Crippen molar-refractivity contribution in [2.45, 2.75) is 58.1 Å². The minimum Gasteiger partial charge on any atom is -0.389 e. The Balaban J connectivity index is 2.28. The van der Waals surface area contributed by atoms with Gasteiger partial charge in [-0.2, -0.15) is 0 Å². The van der Waals surface area contributed by atoms with Gasteiger partial charge in [0, 0.05) is 17.1 Å². The van der Waals surface area contributed by atoms with Crippen LogP contribution >= 0.6 is 15.9 Å². The van der Waals surface area contributed by atoms with Gasteiger partial charge in [0.25, 0.3) is 0 Å². The molecule has 0 aliphatic carbocycles. The Labute approximate surface area is 124 Å². The molecule has 1 saturated heterocycles. The molecule has 1 aliphatic rings. The average molecular weight is 326 g/mol. The number of anilines is 1. The molecule has 19 heavy (non-hydrogen) atoms. The summed E-state index contributed by atoms with van der Waals surface area (Å²) in [6.45, 7) is 5.23. The van der Waals surface area contributed by atoms with Gasteiger partial charge in [-0.05, 0) is 59.8 Å². The SMILES string of the molecule is CCC1CCCCCN1c1ccc(C(C)O)cc1Br. The van der Waals surface area contributed by atoms with Crippen LogP contribution in [-0.4, -0.2) is 17.7 Å². The molecule has 2 atom stereocenters. The third-order valence-electron chi connectivity index (χ3n) is 4.11. The molecule has 0 bridgehead atoms. The predicted molar refractivity (Wildman–Crippen MR) is 84.7 cm³/mol. The van der Waals surface area contributed by atoms with Gasteiger partial charge in [-0.15, -0.1) is 0 Å². The lowest BCUT2D eigenvalue weighted by Crippen LogP contribution is -2.34. The molecule has 0 spiro atoms. The summed E-state index contributed by atoms with van der Waals surface area (Å²) in [7, 11) is 0. The molecule has 2 rings (SSSR count). The van der Waals surface area contributed by atoms with E-state index in [0.29, 0.717) is 6.04 Å². The van der Waals surface area contributed by atoms with Crippen LogP contribution in [0.25, 0.3) is 0 Å². The number of aliphatic hydroxyl groups excluding tert-OH is 1. The van der Waals surface area contributed by atoms with Crippen LogP contribution in [0.15, 0.2) is 22.7 Å². The zero-order valence-corrected chi connectivity index (χ0v) is 13.5. The number of aliphatic hydroxyl groups is 1. The van der Waals surface area contributed by atoms with E-state index in [2.05, 4.69) is 39.9 Å². The number of halogens is 1. The highest BCUT2D eigenvalue weighted by molar-refractivity contribution is 9.10. The Morgan fingerprint density at radius 1 is 1.37 bits per heavy atom. The predicted octanol–water partition coefficient (Wildman–Crippen LogP) is 4.66. The van der Waals surface area contributed by atoms with Crippen LogP contribution in [0.2, 0.25) is 0 Å². The number of benzene rings is 1. The summed E-state index contributed by atoms with van der Waals surface area (Å²) >= 11 is 3.68. The summed E-state index contributed by atoms with van der Waals surface area (Å²) in [6, 6.07) is 6.90. The second kappa shape index (κ2) is 6.76. The van der Waals surface area contributed by atoms with E-state index in [1.54, 1.807) is 0 Å². The minimum atomic E-state index is -0.406. The lowest BCUT2D eigenvalue weighted by molar-refractivity contribution is 0.199. The van der Waals surface area contributed by atoms with Crippen molar-refractivity contribution in [2.75, 3.05) is 11.4 Å². The van der Waals surface area contributed by atoms with Crippen LogP contribution in [0.1, 0.15) is 57.6 Å². The van der Waals surface area contributed by atoms with Gasteiger partial charge < -0.3 is 10.0 Å². The van der Waals surface area contributed by atoms with Gasteiger partial charge in [0.2, 0.25) is 0 Å². The van der Waals surface area contributed by atoms with Gasteiger partial charge >= 0.3 is 0 Å². The van der Waals surface area contributed by atoms with E-state index in [1.165, 1.54) is 37.8 Å². The topological polar surface area (TPSA) is 23.5 Å². The van der Waals surface area contributed by atoms with Crippen LogP contribution < -0.4 is 4.90 Å². The van der Waals surface area contributed by atoms with Crippen molar-refractivity contribution < 1.29 is 5.11 Å². The summed E-state index contributed by atoms with van der Waals surface area (Å²) < 4.78 is 1.10. The van der Waals surface area contributed by atoms with Crippen molar-refractivity contribution in [3.63, 3.8) is 0 Å². The van der Waals surface area contributed by atoms with Crippen molar-refractivity contribution in [2.24, 2.45) is 0 Å². The molecular weight excluding hydrogens is 302 g/mol. The van der Waals surface area contributed by atoms with Gasteiger partial charge in [0.1, 0.15) is 0 Å². The summed E-state index contributed by atoms with van der Waals surface area (Å²) in [5.74, 6) is 0. The molecule has 0 saturated carbocycles. The fraction of sp³-hybridized carbons (Fsp3) is 0.625. The molecule has 2 nitrogen and oxygen atoms in total. The normalized spacial score (nSPS) is 22.1. The van der Waals surface area contributed by atoms with E-state index in [1.807, 2.05) is 13.0 Å². The molecule has 106 valence electrons. The Bertz CT molecular complexity index is 419. The molecule has 2 unspecified atom stereocenters. The Hall–Kier alpha value is -0.540. The third kappa shape index (κ3) is 3.51. The van der Waals surface area contributed by atoms with E-state index < -0.39 is 6.10 Å². The van der Waals surface area contributed by atoms with Gasteiger partial charge in [-0.1, -0.05) is 25.8 Å². The van der Waals surface area contributed by atoms with Crippen LogP contribution in [0, 0.1) is 0 Å². The summed E-state index contributed by atoms with van der Waals surface area (Å²) in [6.07, 6.45) is 6.05. The van der Waals surface area contributed by atoms with E-state index in [4.69, 9.17) is 0 Å². The van der Waals surface area contributed by atoms with Crippen molar-refractivity contribution >= 4 is 21.6 Å². The van der Waals surface area contributed by atoms with E-state index >= 15 is 0 Å². The van der Waals surface area contributed by atoms with E-state index in [0.717, 1.165) is 16.6 Å². The number of hydrogen-bond donors (Lipinski definition) is 1. The molecule has 0 aromatic heterocycles. The molecule has 1 heterocycles. The van der Waals surface area contributed by atoms with Crippen molar-refractivity contribution in [3.05, 3.63) is 28.2 Å². The second-order valence-corrected chi connectivity index (χ2v) is 6.35. The van der Waals surface area contributed by atoms with Crippen LogP contribution in [0.4, 0.5) is 5.69 Å². The molecule has 0 amide bonds. The van der Waals surface area contributed by atoms with E-state index in [-0.39, 0.29) is 0 Å². The number of hydrogen-bond acceptors (Lipinski definition) is 2. The quantitative estimate of drug-likeness (QED) is 0.873. The lowest BCUT2D eigenvalue weighted by atomic mass is 10.1. The Kier molecular flexibility index (Phi) is 5.28. The molecule has 1 aliphatic heterocycles. The average Bonchev–Trinajstić information content (AvgIpc) is 2.63. The molecule has 1 N–H and O–H groups in total. The van der Waals surface area contributed by atoms with Crippen molar-refractivity contribution in [1.82, 2.24) is 0 Å². The third-order valence-corrected chi connectivity index (χ3v) is 4.75. The largest absolute Gasteiger partial charge is 0.389 e. The lowest BCUT2D eigenvalue weighted by Gasteiger charge is -2.32. The Morgan fingerprint density at radius 3 is 2.79 bits per heavy atom. The maximum absolute atomic E-state index is 9.66. The van der Waals surface area contributed by atoms with Crippen LogP contribution in [0.5, 0.6) is 0 Å². The van der Waals surface area contributed by atoms with Crippen molar-refractivity contribution in [3.8, 4) is 0 Å². The first-order valence-corrected chi connectivity index (χ1v) is 8.17. The molecule has 1 fully saturated rings. The fourth-order valence-electron chi connectivity index (χ4n) is 2.93. The standard InChI is InChI=1S/C16H24BrNO/c1-3-14-7-5-4-6-10-18(14)16-9-8-13(12(2)19)11-15(16)17/h8-9,11-12,14,19H,3-7,10H2,1-2H3. The summed E-state index contributed by atoms with van der Waals surface area (Å²) in [5.41, 5.74) is 2.25. The number of rotatable bonds is 3. The molecule has 1 aromatic carbocycles. The zero-order valence-electron chi connectivity index (χ0n) is 11.9. The van der Waals surface area contributed by atoms with Gasteiger partial charge in [-0.25, -0.2) is 0 Å². The first-order valence-electron chi connectivity index (χ1n) is 7.37. The molecule has 1 aromatic rings. The maximum atomic E-state index is 9.66. The van der Waals surface area contributed by atoms with Gasteiger partial charge in [0.15, 0.2) is 0 Å². The monoisotopic (exact) mass is 325 g/mol. The summed E-state index contributed by atoms with van der Waals surface area (Å²) in [4.78, 5) is 2.54.